The number of H-pyrrole nitrogens is 1. The number of anilines is 3. The number of hydrogen-bond acceptors (Lipinski definition) is 5. The van der Waals surface area contributed by atoms with Crippen LogP contribution in [-0.2, 0) is 0 Å². The number of benzene rings is 1. The molecule has 1 atom stereocenters. The Morgan fingerprint density at radius 1 is 1.08 bits per heavy atom. The Balaban J connectivity index is 1.72. The van der Waals surface area contributed by atoms with Gasteiger partial charge in [-0.1, -0.05) is 12.1 Å². The zero-order valence-electron chi connectivity index (χ0n) is 14.3. The predicted molar refractivity (Wildman–Crippen MR) is 97.0 cm³/mol. The van der Waals surface area contributed by atoms with Crippen molar-refractivity contribution in [1.82, 2.24) is 20.2 Å². The molecule has 2 aromatic heterocycles. The first-order valence-electron chi connectivity index (χ1n) is 8.04. The molecule has 0 amide bonds. The summed E-state index contributed by atoms with van der Waals surface area (Å²) in [6, 6.07) is 6.62. The van der Waals surface area contributed by atoms with Gasteiger partial charge in [0, 0.05) is 23.8 Å². The van der Waals surface area contributed by atoms with E-state index in [1.54, 1.807) is 13.0 Å². The van der Waals surface area contributed by atoms with Gasteiger partial charge in [-0.3, -0.25) is 5.10 Å². The van der Waals surface area contributed by atoms with Crippen molar-refractivity contribution in [2.24, 2.45) is 0 Å². The number of halogens is 2. The number of allylic oxidation sites excluding steroid dienone is 1. The molecule has 0 aliphatic carbocycles. The molecule has 2 heterocycles. The van der Waals surface area contributed by atoms with Crippen LogP contribution in [0.1, 0.15) is 31.1 Å². The van der Waals surface area contributed by atoms with Crippen molar-refractivity contribution in [2.75, 3.05) is 10.6 Å². The van der Waals surface area contributed by atoms with Crippen LogP contribution in [-0.4, -0.2) is 20.2 Å². The number of hydrogen-bond donors (Lipinski definition) is 3. The van der Waals surface area contributed by atoms with E-state index < -0.39 is 17.7 Å². The zero-order valence-corrected chi connectivity index (χ0v) is 14.3. The molecule has 0 saturated carbocycles. The molecule has 0 bridgehead atoms. The molecule has 1 unspecified atom stereocenters. The van der Waals surface area contributed by atoms with Gasteiger partial charge in [0.1, 0.15) is 29.6 Å². The fourth-order valence-corrected chi connectivity index (χ4v) is 2.45. The van der Waals surface area contributed by atoms with Gasteiger partial charge >= 0.3 is 0 Å². The van der Waals surface area contributed by atoms with E-state index in [-0.39, 0.29) is 0 Å². The summed E-state index contributed by atoms with van der Waals surface area (Å²) >= 11 is 0. The Morgan fingerprint density at radius 2 is 1.88 bits per heavy atom. The number of nitrogens with one attached hydrogen (secondary N) is 3. The van der Waals surface area contributed by atoms with Gasteiger partial charge < -0.3 is 10.6 Å². The lowest BCUT2D eigenvalue weighted by atomic mass is 10.1. The van der Waals surface area contributed by atoms with Crippen molar-refractivity contribution < 1.29 is 8.78 Å². The standard InChI is InChI=1S/C18H18F2N6/c1-3-4-13-8-18(26-25-13)24-17-9-16(21-10-22-17)23-11(2)14-6-5-12(19)7-15(14)20/h3-11H,1-2H3,(H3,21,22,23,24,25,26)/b4-3+. The minimum atomic E-state index is -0.608. The number of rotatable bonds is 6. The molecule has 6 nitrogen and oxygen atoms in total. The van der Waals surface area contributed by atoms with Crippen LogP contribution in [0.25, 0.3) is 6.08 Å². The number of aromatic amines is 1. The summed E-state index contributed by atoms with van der Waals surface area (Å²) in [5.74, 6) is 0.435. The van der Waals surface area contributed by atoms with Crippen LogP contribution < -0.4 is 10.6 Å². The monoisotopic (exact) mass is 356 g/mol. The maximum Gasteiger partial charge on any atom is 0.153 e. The molecule has 1 aromatic carbocycles. The highest BCUT2D eigenvalue weighted by molar-refractivity contribution is 5.59. The SMILES string of the molecule is C/C=C/c1cc(Nc2cc(NC(C)c3ccc(F)cc3F)ncn2)n[nH]1. The Bertz CT molecular complexity index is 922. The highest BCUT2D eigenvalue weighted by atomic mass is 19.1. The molecule has 3 N–H and O–H groups in total. The molecule has 26 heavy (non-hydrogen) atoms. The van der Waals surface area contributed by atoms with Crippen LogP contribution in [0.3, 0.4) is 0 Å². The van der Waals surface area contributed by atoms with Gasteiger partial charge in [0.15, 0.2) is 5.82 Å². The quantitative estimate of drug-likeness (QED) is 0.609. The first-order chi connectivity index (χ1) is 12.5. The fraction of sp³-hybridized carbons (Fsp3) is 0.167. The average molecular weight is 356 g/mol. The maximum atomic E-state index is 13.9. The summed E-state index contributed by atoms with van der Waals surface area (Å²) in [6.07, 6.45) is 5.18. The molecule has 0 fully saturated rings. The lowest BCUT2D eigenvalue weighted by Crippen LogP contribution is -2.10. The van der Waals surface area contributed by atoms with E-state index >= 15 is 0 Å². The first kappa shape index (κ1) is 17.5. The van der Waals surface area contributed by atoms with Gasteiger partial charge in [-0.25, -0.2) is 18.7 Å². The van der Waals surface area contributed by atoms with Crippen molar-refractivity contribution in [3.8, 4) is 0 Å². The molecule has 0 aliphatic rings. The second kappa shape index (κ2) is 7.73. The summed E-state index contributed by atoms with van der Waals surface area (Å²) in [7, 11) is 0. The molecule has 0 aliphatic heterocycles. The molecule has 0 radical (unpaired) electrons. The van der Waals surface area contributed by atoms with Crippen LogP contribution in [0, 0.1) is 11.6 Å². The van der Waals surface area contributed by atoms with Crippen molar-refractivity contribution in [1.29, 1.82) is 0 Å². The third kappa shape index (κ3) is 4.21. The van der Waals surface area contributed by atoms with Crippen LogP contribution in [0.2, 0.25) is 0 Å². The highest BCUT2D eigenvalue weighted by Crippen LogP contribution is 2.23. The number of nitrogens with zero attached hydrogens (tertiary/aromatic N) is 3. The Kier molecular flexibility index (Phi) is 5.21. The van der Waals surface area contributed by atoms with Crippen LogP contribution >= 0.6 is 0 Å². The Labute approximate surface area is 149 Å². The van der Waals surface area contributed by atoms with Crippen molar-refractivity contribution >= 4 is 23.5 Å². The van der Waals surface area contributed by atoms with Crippen LogP contribution in [0.15, 0.2) is 42.7 Å². The minimum absolute atomic E-state index is 0.350. The highest BCUT2D eigenvalue weighted by Gasteiger charge is 2.12. The normalized spacial score (nSPS) is 12.3. The van der Waals surface area contributed by atoms with Crippen LogP contribution in [0.4, 0.5) is 26.2 Å². The lowest BCUT2D eigenvalue weighted by Gasteiger charge is -2.16. The molecule has 3 rings (SSSR count). The fourth-order valence-electron chi connectivity index (χ4n) is 2.45. The second-order valence-corrected chi connectivity index (χ2v) is 5.65. The number of aromatic nitrogens is 4. The van der Waals surface area contributed by atoms with E-state index in [1.807, 2.05) is 25.1 Å². The topological polar surface area (TPSA) is 78.5 Å². The molecule has 0 spiro atoms. The summed E-state index contributed by atoms with van der Waals surface area (Å²) in [4.78, 5) is 8.27. The third-order valence-corrected chi connectivity index (χ3v) is 3.66. The minimum Gasteiger partial charge on any atom is -0.363 e. The van der Waals surface area contributed by atoms with E-state index in [1.165, 1.54) is 18.5 Å². The maximum absolute atomic E-state index is 13.9. The molecular weight excluding hydrogens is 338 g/mol. The van der Waals surface area contributed by atoms with E-state index in [2.05, 4.69) is 30.8 Å². The van der Waals surface area contributed by atoms with Crippen molar-refractivity contribution in [2.45, 2.75) is 19.9 Å². The molecule has 0 saturated heterocycles. The Hall–Kier alpha value is -3.29. The predicted octanol–water partition coefficient (Wildman–Crippen LogP) is 4.43. The lowest BCUT2D eigenvalue weighted by molar-refractivity contribution is 0.566. The van der Waals surface area contributed by atoms with Crippen LogP contribution in [0.5, 0.6) is 0 Å². The van der Waals surface area contributed by atoms with E-state index in [0.29, 0.717) is 23.0 Å². The summed E-state index contributed by atoms with van der Waals surface area (Å²) in [6.45, 7) is 3.68. The van der Waals surface area contributed by atoms with Gasteiger partial charge in [-0.2, -0.15) is 5.10 Å². The Morgan fingerprint density at radius 3 is 2.65 bits per heavy atom. The van der Waals surface area contributed by atoms with Crippen molar-refractivity contribution in [3.05, 3.63) is 65.6 Å². The van der Waals surface area contributed by atoms with E-state index in [4.69, 9.17) is 0 Å². The van der Waals surface area contributed by atoms with Gasteiger partial charge in [0.05, 0.1) is 11.7 Å². The zero-order chi connectivity index (χ0) is 18.5. The second-order valence-electron chi connectivity index (χ2n) is 5.65. The largest absolute Gasteiger partial charge is 0.363 e. The van der Waals surface area contributed by atoms with Gasteiger partial charge in [0.2, 0.25) is 0 Å². The van der Waals surface area contributed by atoms with E-state index in [9.17, 15) is 8.78 Å². The molecule has 3 aromatic rings. The van der Waals surface area contributed by atoms with Gasteiger partial charge in [-0.05, 0) is 26.0 Å². The molecule has 8 heteroatoms. The molecule has 134 valence electrons. The van der Waals surface area contributed by atoms with Gasteiger partial charge in [-0.15, -0.1) is 0 Å². The van der Waals surface area contributed by atoms with E-state index in [0.717, 1.165) is 11.8 Å². The first-order valence-corrected chi connectivity index (χ1v) is 8.04. The summed E-state index contributed by atoms with van der Waals surface area (Å²) in [5, 5.41) is 13.2. The summed E-state index contributed by atoms with van der Waals surface area (Å²) < 4.78 is 26.9. The van der Waals surface area contributed by atoms with Crippen molar-refractivity contribution in [3.63, 3.8) is 0 Å². The van der Waals surface area contributed by atoms with Gasteiger partial charge in [0.25, 0.3) is 0 Å². The average Bonchev–Trinajstić information content (AvgIpc) is 3.02. The molecular formula is C18H18F2N6. The third-order valence-electron chi connectivity index (χ3n) is 3.66. The smallest absolute Gasteiger partial charge is 0.153 e. The summed E-state index contributed by atoms with van der Waals surface area (Å²) in [5.41, 5.74) is 1.21.